The number of hydrogen-bond acceptors (Lipinski definition) is 3. The van der Waals surface area contributed by atoms with Gasteiger partial charge in [0, 0.05) is 24.9 Å². The fourth-order valence-electron chi connectivity index (χ4n) is 1.60. The van der Waals surface area contributed by atoms with Crippen LogP contribution in [0, 0.1) is 0 Å². The summed E-state index contributed by atoms with van der Waals surface area (Å²) in [5.41, 5.74) is 8.55. The third-order valence-electron chi connectivity index (χ3n) is 2.52. The smallest absolute Gasteiger partial charge is 0.303 e. The van der Waals surface area contributed by atoms with Gasteiger partial charge in [0.15, 0.2) is 0 Å². The highest BCUT2D eigenvalue weighted by molar-refractivity contribution is 5.75. The Balaban J connectivity index is 2.15. The van der Waals surface area contributed by atoms with Gasteiger partial charge >= 0.3 is 5.97 Å². The van der Waals surface area contributed by atoms with Crippen LogP contribution in [0.3, 0.4) is 0 Å². The Morgan fingerprint density at radius 1 is 1.62 bits per heavy atom. The van der Waals surface area contributed by atoms with Crippen molar-refractivity contribution in [2.45, 2.75) is 18.9 Å². The van der Waals surface area contributed by atoms with E-state index in [1.165, 1.54) is 0 Å². The molecule has 0 saturated heterocycles. The van der Waals surface area contributed by atoms with Crippen LogP contribution < -0.4 is 5.73 Å². The van der Waals surface area contributed by atoms with Crippen LogP contribution in [0.5, 0.6) is 0 Å². The lowest BCUT2D eigenvalue weighted by Crippen LogP contribution is -2.12. The maximum absolute atomic E-state index is 10.4. The van der Waals surface area contributed by atoms with E-state index in [1.807, 2.05) is 18.3 Å². The first-order valence-corrected chi connectivity index (χ1v) is 5.07. The highest BCUT2D eigenvalue weighted by Gasteiger charge is 2.09. The normalized spacial score (nSPS) is 12.8. The zero-order valence-electron chi connectivity index (χ0n) is 8.68. The van der Waals surface area contributed by atoms with Crippen LogP contribution in [0.2, 0.25) is 0 Å². The van der Waals surface area contributed by atoms with Crippen LogP contribution in [0.25, 0.3) is 11.0 Å². The van der Waals surface area contributed by atoms with Crippen LogP contribution in [0.1, 0.15) is 24.4 Å². The largest absolute Gasteiger partial charge is 0.481 e. The Morgan fingerprint density at radius 2 is 2.44 bits per heavy atom. The van der Waals surface area contributed by atoms with Gasteiger partial charge in [-0.25, -0.2) is 0 Å². The minimum atomic E-state index is -0.829. The number of nitrogens with zero attached hydrogens (tertiary/aromatic N) is 1. The number of aromatic nitrogens is 2. The summed E-state index contributed by atoms with van der Waals surface area (Å²) < 4.78 is 0. The van der Waals surface area contributed by atoms with Gasteiger partial charge in [-0.1, -0.05) is 0 Å². The molecule has 16 heavy (non-hydrogen) atoms. The summed E-state index contributed by atoms with van der Waals surface area (Å²) in [6.45, 7) is 0. The van der Waals surface area contributed by atoms with Gasteiger partial charge in [0.1, 0.15) is 0 Å². The number of hydrogen-bond donors (Lipinski definition) is 3. The monoisotopic (exact) mass is 219 g/mol. The number of fused-ring (bicyclic) bond motifs is 1. The second-order valence-electron chi connectivity index (χ2n) is 3.72. The quantitative estimate of drug-likeness (QED) is 0.725. The molecular weight excluding hydrogens is 206 g/mol. The molecule has 2 heterocycles. The molecule has 0 amide bonds. The molecule has 0 aliphatic rings. The van der Waals surface area contributed by atoms with Crippen LogP contribution in [-0.2, 0) is 4.79 Å². The van der Waals surface area contributed by atoms with Crippen molar-refractivity contribution in [1.29, 1.82) is 0 Å². The molecule has 0 spiro atoms. The summed E-state index contributed by atoms with van der Waals surface area (Å²) in [4.78, 5) is 17.7. The SMILES string of the molecule is N[C@H](CCC(=O)O)c1cnc2cc[nH]c2c1. The summed E-state index contributed by atoms with van der Waals surface area (Å²) in [7, 11) is 0. The van der Waals surface area contributed by atoms with Crippen molar-refractivity contribution in [3.63, 3.8) is 0 Å². The lowest BCUT2D eigenvalue weighted by atomic mass is 10.0. The molecule has 0 bridgehead atoms. The number of carboxylic acid groups (broad SMARTS) is 1. The topological polar surface area (TPSA) is 92.0 Å². The zero-order chi connectivity index (χ0) is 11.5. The molecule has 4 N–H and O–H groups in total. The molecule has 1 atom stereocenters. The minimum Gasteiger partial charge on any atom is -0.481 e. The maximum Gasteiger partial charge on any atom is 0.303 e. The summed E-state index contributed by atoms with van der Waals surface area (Å²) in [6, 6.07) is 3.51. The summed E-state index contributed by atoms with van der Waals surface area (Å²) in [5.74, 6) is -0.829. The molecule has 0 saturated carbocycles. The van der Waals surface area contributed by atoms with Gasteiger partial charge < -0.3 is 15.8 Å². The van der Waals surface area contributed by atoms with Gasteiger partial charge in [-0.05, 0) is 24.1 Å². The highest BCUT2D eigenvalue weighted by Crippen LogP contribution is 2.18. The molecule has 84 valence electrons. The van der Waals surface area contributed by atoms with Crippen LogP contribution >= 0.6 is 0 Å². The fraction of sp³-hybridized carbons (Fsp3) is 0.273. The standard InChI is InChI=1S/C11H13N3O2/c12-8(1-2-11(15)16)7-5-10-9(14-6-7)3-4-13-10/h3-6,8,13H,1-2,12H2,(H,15,16)/t8-/m1/s1. The van der Waals surface area contributed by atoms with Crippen molar-refractivity contribution in [2.75, 3.05) is 0 Å². The summed E-state index contributed by atoms with van der Waals surface area (Å²) in [6.07, 6.45) is 4.00. The van der Waals surface area contributed by atoms with Gasteiger partial charge in [0.2, 0.25) is 0 Å². The third kappa shape index (κ3) is 2.20. The van der Waals surface area contributed by atoms with E-state index in [0.717, 1.165) is 16.6 Å². The van der Waals surface area contributed by atoms with Crippen molar-refractivity contribution in [1.82, 2.24) is 9.97 Å². The number of pyridine rings is 1. The van der Waals surface area contributed by atoms with Gasteiger partial charge in [-0.15, -0.1) is 0 Å². The Kier molecular flexibility index (Phi) is 2.87. The van der Waals surface area contributed by atoms with Crippen LogP contribution in [-0.4, -0.2) is 21.0 Å². The average molecular weight is 219 g/mol. The van der Waals surface area contributed by atoms with E-state index in [0.29, 0.717) is 6.42 Å². The molecule has 2 aromatic heterocycles. The molecule has 2 aromatic rings. The number of carbonyl (C=O) groups is 1. The average Bonchev–Trinajstić information content (AvgIpc) is 2.72. The molecule has 5 nitrogen and oxygen atoms in total. The van der Waals surface area contributed by atoms with Gasteiger partial charge in [0.05, 0.1) is 11.0 Å². The molecule has 0 aliphatic heterocycles. The van der Waals surface area contributed by atoms with E-state index in [9.17, 15) is 4.79 Å². The zero-order valence-corrected chi connectivity index (χ0v) is 8.68. The minimum absolute atomic E-state index is 0.0733. The first kappa shape index (κ1) is 10.6. The molecule has 0 aromatic carbocycles. The Morgan fingerprint density at radius 3 is 3.19 bits per heavy atom. The molecule has 5 heteroatoms. The van der Waals surface area contributed by atoms with Crippen LogP contribution in [0.15, 0.2) is 24.5 Å². The van der Waals surface area contributed by atoms with E-state index in [1.54, 1.807) is 6.20 Å². The number of rotatable bonds is 4. The van der Waals surface area contributed by atoms with E-state index in [2.05, 4.69) is 9.97 Å². The second kappa shape index (κ2) is 4.32. The summed E-state index contributed by atoms with van der Waals surface area (Å²) in [5, 5.41) is 8.57. The lowest BCUT2D eigenvalue weighted by molar-refractivity contribution is -0.137. The van der Waals surface area contributed by atoms with Crippen LogP contribution in [0.4, 0.5) is 0 Å². The Hall–Kier alpha value is -1.88. The molecule has 0 fully saturated rings. The van der Waals surface area contributed by atoms with Crippen molar-refractivity contribution >= 4 is 17.0 Å². The van der Waals surface area contributed by atoms with E-state index < -0.39 is 5.97 Å². The highest BCUT2D eigenvalue weighted by atomic mass is 16.4. The number of aromatic amines is 1. The first-order chi connectivity index (χ1) is 7.66. The maximum atomic E-state index is 10.4. The molecule has 0 unspecified atom stereocenters. The van der Waals surface area contributed by atoms with E-state index in [-0.39, 0.29) is 12.5 Å². The number of H-pyrrole nitrogens is 1. The third-order valence-corrected chi connectivity index (χ3v) is 2.52. The van der Waals surface area contributed by atoms with E-state index in [4.69, 9.17) is 10.8 Å². The predicted octanol–water partition coefficient (Wildman–Crippen LogP) is 1.43. The Bertz CT molecular complexity index is 507. The van der Waals surface area contributed by atoms with E-state index >= 15 is 0 Å². The van der Waals surface area contributed by atoms with Gasteiger partial charge in [-0.3, -0.25) is 9.78 Å². The van der Waals surface area contributed by atoms with Crippen molar-refractivity contribution in [3.8, 4) is 0 Å². The molecule has 0 aliphatic carbocycles. The van der Waals surface area contributed by atoms with Gasteiger partial charge in [0.25, 0.3) is 0 Å². The fourth-order valence-corrected chi connectivity index (χ4v) is 1.60. The molecular formula is C11H13N3O2. The number of carboxylic acids is 1. The number of nitrogens with two attached hydrogens (primary N) is 1. The van der Waals surface area contributed by atoms with Crippen molar-refractivity contribution in [2.24, 2.45) is 5.73 Å². The predicted molar refractivity (Wildman–Crippen MR) is 59.9 cm³/mol. The van der Waals surface area contributed by atoms with Crippen molar-refractivity contribution in [3.05, 3.63) is 30.1 Å². The molecule has 2 rings (SSSR count). The van der Waals surface area contributed by atoms with Gasteiger partial charge in [-0.2, -0.15) is 0 Å². The second-order valence-corrected chi connectivity index (χ2v) is 3.72. The first-order valence-electron chi connectivity index (χ1n) is 5.07. The summed E-state index contributed by atoms with van der Waals surface area (Å²) >= 11 is 0. The molecule has 0 radical (unpaired) electrons. The lowest BCUT2D eigenvalue weighted by Gasteiger charge is -2.09. The van der Waals surface area contributed by atoms with Crippen molar-refractivity contribution < 1.29 is 9.90 Å². The Labute approximate surface area is 92.3 Å². The number of aliphatic carboxylic acids is 1. The number of nitrogens with one attached hydrogen (secondary N) is 1.